The molecule has 3 aromatic carbocycles. The summed E-state index contributed by atoms with van der Waals surface area (Å²) >= 11 is 0. The second kappa shape index (κ2) is 6.51. The van der Waals surface area contributed by atoms with Crippen LogP contribution in [0.15, 0.2) is 103 Å². The van der Waals surface area contributed by atoms with E-state index >= 15 is 0 Å². The van der Waals surface area contributed by atoms with Crippen LogP contribution in [-0.2, 0) is 0 Å². The van der Waals surface area contributed by atoms with Gasteiger partial charge in [0.25, 0.3) is 0 Å². The molecule has 0 saturated carbocycles. The predicted octanol–water partition coefficient (Wildman–Crippen LogP) is 6.08. The van der Waals surface area contributed by atoms with Gasteiger partial charge >= 0.3 is 0 Å². The van der Waals surface area contributed by atoms with Crippen molar-refractivity contribution < 1.29 is 20.6 Å². The van der Waals surface area contributed by atoms with E-state index in [0.29, 0.717) is 0 Å². The summed E-state index contributed by atoms with van der Waals surface area (Å²) < 4.78 is 122. The van der Waals surface area contributed by atoms with Gasteiger partial charge in [-0.05, 0) is 23.3 Å². The predicted molar refractivity (Wildman–Crippen MR) is 101 cm³/mol. The highest BCUT2D eigenvalue weighted by Gasteiger charge is 2.08. The van der Waals surface area contributed by atoms with Crippen molar-refractivity contribution in [3.63, 3.8) is 0 Å². The lowest BCUT2D eigenvalue weighted by Crippen LogP contribution is -1.90. The average Bonchev–Trinajstić information content (AvgIpc) is 2.91. The Kier molecular flexibility index (Phi) is 1.47. The maximum atomic E-state index is 8.37. The maximum Gasteiger partial charge on any atom is 0.0715 e. The lowest BCUT2D eigenvalue weighted by atomic mass is 10.00. The molecule has 4 rings (SSSR count). The summed E-state index contributed by atoms with van der Waals surface area (Å²) in [6.07, 6.45) is 0. The third-order valence-electron chi connectivity index (χ3n) is 3.13. The zero-order valence-electron chi connectivity index (χ0n) is 27.1. The van der Waals surface area contributed by atoms with E-state index in [4.69, 9.17) is 20.6 Å². The van der Waals surface area contributed by atoms with E-state index < -0.39 is 90.6 Å². The molecule has 0 aliphatic heterocycles. The average molecular weight is 322 g/mol. The summed E-state index contributed by atoms with van der Waals surface area (Å²) in [5, 5.41) is 0. The van der Waals surface area contributed by atoms with Crippen LogP contribution in [0.25, 0.3) is 33.6 Å². The first-order valence-electron chi connectivity index (χ1n) is 14.4. The molecule has 0 bridgehead atoms. The molecule has 0 aliphatic carbocycles. The second-order valence-electron chi connectivity index (χ2n) is 4.63. The lowest BCUT2D eigenvalue weighted by molar-refractivity contribution is 1.32. The minimum atomic E-state index is -0.676. The first-order valence-corrected chi connectivity index (χ1v) is 6.85. The van der Waals surface area contributed by atoms with Gasteiger partial charge in [0.15, 0.2) is 0 Å². The van der Waals surface area contributed by atoms with E-state index in [2.05, 4.69) is 4.98 Å². The van der Waals surface area contributed by atoms with Gasteiger partial charge in [0.2, 0.25) is 0 Å². The molecule has 0 radical (unpaired) electrons. The Morgan fingerprint density at radius 3 is 1.25 bits per heavy atom. The number of nitrogens with zero attached hydrogens (tertiary/aromatic N) is 1. The third-order valence-corrected chi connectivity index (χ3v) is 3.13. The van der Waals surface area contributed by atoms with Crippen molar-refractivity contribution in [2.45, 2.75) is 0 Å². The van der Waals surface area contributed by atoms with Crippen LogP contribution in [0, 0.1) is 0 Å². The molecular weight excluding hydrogens is 290 g/mol. The van der Waals surface area contributed by atoms with Gasteiger partial charge in [-0.3, -0.25) is 0 Å². The van der Waals surface area contributed by atoms with Crippen molar-refractivity contribution in [1.82, 2.24) is 4.98 Å². The van der Waals surface area contributed by atoms with Gasteiger partial charge in [0.05, 0.1) is 31.9 Å². The van der Waals surface area contributed by atoms with Gasteiger partial charge in [0.1, 0.15) is 0 Å². The van der Waals surface area contributed by atoms with Crippen LogP contribution < -0.4 is 0 Å². The molecule has 24 heavy (non-hydrogen) atoms. The summed E-state index contributed by atoms with van der Waals surface area (Å²) in [5.41, 5.74) is -1.78. The number of benzene rings is 3. The molecule has 0 atom stereocenters. The van der Waals surface area contributed by atoms with Crippen molar-refractivity contribution in [3.05, 3.63) is 103 Å². The minimum absolute atomic E-state index is 0.106. The molecule has 0 aliphatic rings. The Morgan fingerprint density at radius 2 is 0.833 bits per heavy atom. The summed E-state index contributed by atoms with van der Waals surface area (Å²) in [6.45, 7) is 0. The molecule has 1 aromatic heterocycles. The number of pyridine rings is 1. The fourth-order valence-corrected chi connectivity index (χ4v) is 2.08. The van der Waals surface area contributed by atoms with Crippen LogP contribution in [-0.4, -0.2) is 4.98 Å². The summed E-state index contributed by atoms with van der Waals surface area (Å²) in [5.74, 6) is 0. The highest BCUT2D eigenvalue weighted by atomic mass is 14.7. The van der Waals surface area contributed by atoms with Crippen LogP contribution in [0.1, 0.15) is 20.6 Å². The molecule has 1 nitrogen and oxygen atoms in total. The van der Waals surface area contributed by atoms with E-state index in [0.717, 1.165) is 0 Å². The van der Waals surface area contributed by atoms with E-state index in [1.54, 1.807) is 0 Å². The Labute approximate surface area is 163 Å². The van der Waals surface area contributed by atoms with Crippen molar-refractivity contribution in [1.29, 1.82) is 0 Å². The molecule has 0 fully saturated rings. The minimum Gasteiger partial charge on any atom is -0.248 e. The zero-order chi connectivity index (χ0) is 29.2. The van der Waals surface area contributed by atoms with Crippen molar-refractivity contribution in [2.75, 3.05) is 0 Å². The van der Waals surface area contributed by atoms with Crippen LogP contribution in [0.4, 0.5) is 0 Å². The number of hydrogen-bond donors (Lipinski definition) is 0. The number of aromatic nitrogens is 1. The van der Waals surface area contributed by atoms with E-state index in [1.165, 1.54) is 12.1 Å². The van der Waals surface area contributed by atoms with Crippen molar-refractivity contribution in [3.8, 4) is 33.6 Å². The van der Waals surface area contributed by atoms with Gasteiger partial charge in [0, 0.05) is 11.1 Å². The summed E-state index contributed by atoms with van der Waals surface area (Å²) in [7, 11) is 0. The van der Waals surface area contributed by atoms with Crippen LogP contribution in [0.3, 0.4) is 0 Å². The molecule has 0 N–H and O–H groups in total. The number of rotatable bonds is 3. The molecule has 1 heteroatoms. The molecule has 0 unspecified atom stereocenters. The topological polar surface area (TPSA) is 12.9 Å². The van der Waals surface area contributed by atoms with E-state index in [-0.39, 0.29) is 33.6 Å². The summed E-state index contributed by atoms with van der Waals surface area (Å²) in [6, 6.07) is -7.43. The quantitative estimate of drug-likeness (QED) is 0.445. The van der Waals surface area contributed by atoms with Crippen LogP contribution in [0.5, 0.6) is 0 Å². The Balaban J connectivity index is 2.22. The Hall–Kier alpha value is -3.19. The Morgan fingerprint density at radius 1 is 0.458 bits per heavy atom. The molecule has 0 saturated heterocycles. The highest BCUT2D eigenvalue weighted by molar-refractivity contribution is 5.76. The van der Waals surface area contributed by atoms with Gasteiger partial charge in [-0.2, -0.15) is 0 Å². The molecule has 1 heterocycles. The monoisotopic (exact) mass is 322 g/mol. The normalized spacial score (nSPS) is 19.2. The maximum absolute atomic E-state index is 8.37. The lowest BCUT2D eigenvalue weighted by Gasteiger charge is -2.10. The van der Waals surface area contributed by atoms with Crippen molar-refractivity contribution >= 4 is 0 Å². The SMILES string of the molecule is [2H]c1c([2H])c([2H])c(-c2cc(-c3c([2H])c([2H])c([2H])c([2H])c3[2H])nc(-c3c([2H])c([2H])c([2H])c([2H])c3[2H])c2)c([2H])c1[2H]. The van der Waals surface area contributed by atoms with E-state index in [9.17, 15) is 0 Å². The first-order chi connectivity index (χ1) is 18.1. The third kappa shape index (κ3) is 2.97. The second-order valence-corrected chi connectivity index (χ2v) is 4.63. The Bertz CT molecular complexity index is 1420. The number of hydrogen-bond acceptors (Lipinski definition) is 1. The molecule has 4 aromatic rings. The fraction of sp³-hybridized carbons (Fsp3) is 0. The van der Waals surface area contributed by atoms with Crippen LogP contribution in [0.2, 0.25) is 0 Å². The van der Waals surface area contributed by atoms with Gasteiger partial charge in [-0.1, -0.05) is 90.6 Å². The standard InChI is InChI=1S/C23H17N/c1-4-10-18(11-5-1)21-16-22(19-12-6-2-7-13-19)24-23(17-21)20-14-8-3-9-15-20/h1-17H/i1D,2D,3D,4D,5D,6D,7D,8D,9D,10D,11D,12D,13D,14D,15D. The molecule has 0 spiro atoms. The van der Waals surface area contributed by atoms with Crippen LogP contribution >= 0.6 is 0 Å². The van der Waals surface area contributed by atoms with Crippen molar-refractivity contribution in [2.24, 2.45) is 0 Å². The van der Waals surface area contributed by atoms with Gasteiger partial charge < -0.3 is 0 Å². The van der Waals surface area contributed by atoms with Gasteiger partial charge in [-0.25, -0.2) is 4.98 Å². The molecular formula is C23H17N. The zero-order valence-corrected chi connectivity index (χ0v) is 12.1. The fourth-order valence-electron chi connectivity index (χ4n) is 2.08. The van der Waals surface area contributed by atoms with E-state index in [1.807, 2.05) is 0 Å². The van der Waals surface area contributed by atoms with Gasteiger partial charge in [-0.15, -0.1) is 0 Å². The molecule has 114 valence electrons. The largest absolute Gasteiger partial charge is 0.248 e. The summed E-state index contributed by atoms with van der Waals surface area (Å²) in [4.78, 5) is 4.30. The highest BCUT2D eigenvalue weighted by Crippen LogP contribution is 2.29. The smallest absolute Gasteiger partial charge is 0.0715 e. The molecule has 0 amide bonds. The first kappa shape index (κ1) is 5.42.